The first-order valence-corrected chi connectivity index (χ1v) is 4.50. The second-order valence-corrected chi connectivity index (χ2v) is 3.20. The Morgan fingerprint density at radius 1 is 1.33 bits per heavy atom. The predicted octanol–water partition coefficient (Wildman–Crippen LogP) is 2.00. The maximum Gasteiger partial charge on any atom is 0.410 e. The van der Waals surface area contributed by atoms with Gasteiger partial charge in [0, 0.05) is 11.1 Å². The molecule has 1 aromatic heterocycles. The normalized spacial score (nSPS) is 10.2. The van der Waals surface area contributed by atoms with Crippen LogP contribution in [-0.4, -0.2) is 11.1 Å². The fourth-order valence-corrected chi connectivity index (χ4v) is 1.41. The summed E-state index contributed by atoms with van der Waals surface area (Å²) in [5.41, 5.74) is 6.48. The van der Waals surface area contributed by atoms with Gasteiger partial charge in [-0.2, -0.15) is 0 Å². The number of aryl methyl sites for hydroxylation is 1. The van der Waals surface area contributed by atoms with Crippen molar-refractivity contribution in [2.75, 3.05) is 0 Å². The Bertz CT molecular complexity index is 523. The van der Waals surface area contributed by atoms with Crippen molar-refractivity contribution in [1.82, 2.24) is 4.98 Å². The molecule has 2 aromatic rings. The molecule has 76 valence electrons. The average Bonchev–Trinajstić information content (AvgIpc) is 2.18. The van der Waals surface area contributed by atoms with Crippen molar-refractivity contribution in [3.63, 3.8) is 0 Å². The minimum atomic E-state index is -0.828. The van der Waals surface area contributed by atoms with Gasteiger partial charge in [0.25, 0.3) is 0 Å². The van der Waals surface area contributed by atoms with Crippen molar-refractivity contribution in [2.45, 2.75) is 6.92 Å². The molecule has 0 aliphatic heterocycles. The average molecular weight is 202 g/mol. The summed E-state index contributed by atoms with van der Waals surface area (Å²) >= 11 is 0. The zero-order valence-electron chi connectivity index (χ0n) is 8.23. The maximum absolute atomic E-state index is 10.7. The standard InChI is InChI=1S/C11H10N2O2/c1-7-5-6-8-3-2-4-9(10(8)13-7)15-11(12)14/h2-6H,1H3,(H2,12,14). The molecule has 0 bridgehead atoms. The highest BCUT2D eigenvalue weighted by Gasteiger charge is 2.05. The van der Waals surface area contributed by atoms with Gasteiger partial charge in [-0.05, 0) is 19.1 Å². The zero-order chi connectivity index (χ0) is 10.8. The van der Waals surface area contributed by atoms with Gasteiger partial charge < -0.3 is 10.5 Å². The van der Waals surface area contributed by atoms with Crippen LogP contribution >= 0.6 is 0 Å². The Morgan fingerprint density at radius 3 is 2.87 bits per heavy atom. The summed E-state index contributed by atoms with van der Waals surface area (Å²) in [5.74, 6) is 0.392. The van der Waals surface area contributed by atoms with Gasteiger partial charge in [0.2, 0.25) is 0 Å². The van der Waals surface area contributed by atoms with Gasteiger partial charge in [-0.25, -0.2) is 9.78 Å². The molecule has 15 heavy (non-hydrogen) atoms. The lowest BCUT2D eigenvalue weighted by atomic mass is 10.2. The van der Waals surface area contributed by atoms with E-state index < -0.39 is 6.09 Å². The van der Waals surface area contributed by atoms with Crippen molar-refractivity contribution in [3.05, 3.63) is 36.0 Å². The van der Waals surface area contributed by atoms with E-state index >= 15 is 0 Å². The predicted molar refractivity (Wildman–Crippen MR) is 56.7 cm³/mol. The Labute approximate surface area is 86.7 Å². The lowest BCUT2D eigenvalue weighted by Crippen LogP contribution is -2.16. The Hall–Kier alpha value is -2.10. The summed E-state index contributed by atoms with van der Waals surface area (Å²) < 4.78 is 4.86. The minimum Gasteiger partial charge on any atom is -0.408 e. The molecule has 0 saturated carbocycles. The summed E-state index contributed by atoms with van der Waals surface area (Å²) in [6.45, 7) is 1.88. The fraction of sp³-hybridized carbons (Fsp3) is 0.0909. The molecule has 0 aliphatic carbocycles. The lowest BCUT2D eigenvalue weighted by molar-refractivity contribution is 0.211. The number of para-hydroxylation sites is 1. The third-order valence-electron chi connectivity index (χ3n) is 2.03. The highest BCUT2D eigenvalue weighted by atomic mass is 16.5. The van der Waals surface area contributed by atoms with Crippen LogP contribution in [0.5, 0.6) is 5.75 Å². The number of carbonyl (C=O) groups is 1. The third kappa shape index (κ3) is 1.88. The van der Waals surface area contributed by atoms with E-state index in [9.17, 15) is 4.79 Å². The van der Waals surface area contributed by atoms with Gasteiger partial charge >= 0.3 is 6.09 Å². The molecular weight excluding hydrogens is 192 g/mol. The van der Waals surface area contributed by atoms with Crippen LogP contribution in [0.15, 0.2) is 30.3 Å². The topological polar surface area (TPSA) is 65.2 Å². The Morgan fingerprint density at radius 2 is 2.13 bits per heavy atom. The fourth-order valence-electron chi connectivity index (χ4n) is 1.41. The number of benzene rings is 1. The first-order valence-electron chi connectivity index (χ1n) is 4.50. The number of nitrogens with zero attached hydrogens (tertiary/aromatic N) is 1. The van der Waals surface area contributed by atoms with E-state index in [0.29, 0.717) is 11.3 Å². The summed E-state index contributed by atoms with van der Waals surface area (Å²) in [5, 5.41) is 0.916. The maximum atomic E-state index is 10.7. The van der Waals surface area contributed by atoms with Crippen molar-refractivity contribution in [3.8, 4) is 5.75 Å². The second-order valence-electron chi connectivity index (χ2n) is 3.20. The number of primary amides is 1. The van der Waals surface area contributed by atoms with Crippen LogP contribution in [0.1, 0.15) is 5.69 Å². The zero-order valence-corrected chi connectivity index (χ0v) is 8.23. The molecule has 0 atom stereocenters. The molecule has 1 heterocycles. The smallest absolute Gasteiger partial charge is 0.408 e. The highest BCUT2D eigenvalue weighted by Crippen LogP contribution is 2.23. The summed E-state index contributed by atoms with van der Waals surface area (Å²) in [6.07, 6.45) is -0.828. The van der Waals surface area contributed by atoms with Crippen LogP contribution in [-0.2, 0) is 0 Å². The van der Waals surface area contributed by atoms with Crippen LogP contribution in [0.25, 0.3) is 10.9 Å². The van der Waals surface area contributed by atoms with Crippen LogP contribution in [0.2, 0.25) is 0 Å². The van der Waals surface area contributed by atoms with Gasteiger partial charge in [-0.1, -0.05) is 18.2 Å². The van der Waals surface area contributed by atoms with E-state index in [0.717, 1.165) is 11.1 Å². The molecule has 0 spiro atoms. The van der Waals surface area contributed by atoms with Gasteiger partial charge in [0.1, 0.15) is 5.52 Å². The Balaban J connectivity index is 2.63. The molecule has 0 aliphatic rings. The van der Waals surface area contributed by atoms with E-state index in [-0.39, 0.29) is 0 Å². The molecule has 2 rings (SSSR count). The molecule has 1 amide bonds. The van der Waals surface area contributed by atoms with Crippen LogP contribution in [0, 0.1) is 6.92 Å². The number of fused-ring (bicyclic) bond motifs is 1. The number of pyridine rings is 1. The van der Waals surface area contributed by atoms with Gasteiger partial charge in [-0.3, -0.25) is 0 Å². The largest absolute Gasteiger partial charge is 0.410 e. The van der Waals surface area contributed by atoms with Crippen LogP contribution in [0.4, 0.5) is 4.79 Å². The van der Waals surface area contributed by atoms with Crippen molar-refractivity contribution in [1.29, 1.82) is 0 Å². The number of carbonyl (C=O) groups excluding carboxylic acids is 1. The quantitative estimate of drug-likeness (QED) is 0.769. The molecule has 1 aromatic carbocycles. The summed E-state index contributed by atoms with van der Waals surface area (Å²) in [7, 11) is 0. The van der Waals surface area contributed by atoms with E-state index in [1.165, 1.54) is 0 Å². The molecule has 4 heteroatoms. The Kier molecular flexibility index (Phi) is 2.25. The van der Waals surface area contributed by atoms with Gasteiger partial charge in [0.05, 0.1) is 0 Å². The van der Waals surface area contributed by atoms with Crippen molar-refractivity contribution < 1.29 is 9.53 Å². The van der Waals surface area contributed by atoms with E-state index in [4.69, 9.17) is 10.5 Å². The number of ether oxygens (including phenoxy) is 1. The summed E-state index contributed by atoms with van der Waals surface area (Å²) in [6, 6.07) is 9.18. The van der Waals surface area contributed by atoms with Gasteiger partial charge in [0.15, 0.2) is 5.75 Å². The van der Waals surface area contributed by atoms with Crippen molar-refractivity contribution >= 4 is 17.0 Å². The first-order chi connectivity index (χ1) is 7.16. The molecular formula is C11H10N2O2. The number of rotatable bonds is 1. The minimum absolute atomic E-state index is 0.392. The van der Waals surface area contributed by atoms with Crippen LogP contribution in [0.3, 0.4) is 0 Å². The molecule has 4 nitrogen and oxygen atoms in total. The van der Waals surface area contributed by atoms with Crippen molar-refractivity contribution in [2.24, 2.45) is 5.73 Å². The number of hydrogen-bond acceptors (Lipinski definition) is 3. The number of aromatic nitrogens is 1. The number of amides is 1. The lowest BCUT2D eigenvalue weighted by Gasteiger charge is -2.05. The molecule has 0 fully saturated rings. The third-order valence-corrected chi connectivity index (χ3v) is 2.03. The summed E-state index contributed by atoms with van der Waals surface area (Å²) in [4.78, 5) is 15.0. The van der Waals surface area contributed by atoms with E-state index in [1.807, 2.05) is 25.1 Å². The number of nitrogens with two attached hydrogens (primary N) is 1. The molecule has 2 N–H and O–H groups in total. The molecule has 0 saturated heterocycles. The SMILES string of the molecule is Cc1ccc2cccc(OC(N)=O)c2n1. The molecule has 0 unspecified atom stereocenters. The second kappa shape index (κ2) is 3.57. The monoisotopic (exact) mass is 202 g/mol. The van der Waals surface area contributed by atoms with Crippen LogP contribution < -0.4 is 10.5 Å². The molecule has 0 radical (unpaired) electrons. The van der Waals surface area contributed by atoms with E-state index in [1.54, 1.807) is 12.1 Å². The van der Waals surface area contributed by atoms with E-state index in [2.05, 4.69) is 4.98 Å². The first kappa shape index (κ1) is 9.45. The number of hydrogen-bond donors (Lipinski definition) is 1. The van der Waals surface area contributed by atoms with Gasteiger partial charge in [-0.15, -0.1) is 0 Å². The highest BCUT2D eigenvalue weighted by molar-refractivity contribution is 5.86.